The second-order valence-electron chi connectivity index (χ2n) is 2.94. The molecule has 1 amide bonds. The molecule has 0 radical (unpaired) electrons. The first kappa shape index (κ1) is 12.9. The molecule has 13 heavy (non-hydrogen) atoms. The third kappa shape index (κ3) is 5.26. The van der Waals surface area contributed by atoms with Crippen molar-refractivity contribution in [1.82, 2.24) is 5.32 Å². The molecule has 0 aliphatic heterocycles. The highest BCUT2D eigenvalue weighted by Crippen LogP contribution is 2.05. The van der Waals surface area contributed by atoms with E-state index in [1.54, 1.807) is 7.11 Å². The molecule has 0 heterocycles. The van der Waals surface area contributed by atoms with E-state index in [2.05, 4.69) is 21.2 Å². The van der Waals surface area contributed by atoms with Crippen LogP contribution in [-0.2, 0) is 9.53 Å². The monoisotopic (exact) mass is 251 g/mol. The van der Waals surface area contributed by atoms with Crippen LogP contribution in [0.5, 0.6) is 0 Å². The van der Waals surface area contributed by atoms with Gasteiger partial charge in [0.25, 0.3) is 0 Å². The van der Waals surface area contributed by atoms with Gasteiger partial charge >= 0.3 is 0 Å². The first-order chi connectivity index (χ1) is 6.15. The normalized spacial score (nSPS) is 15.1. The molecule has 0 aliphatic carbocycles. The summed E-state index contributed by atoms with van der Waals surface area (Å²) in [6.45, 7) is 4.57. The van der Waals surface area contributed by atoms with E-state index in [0.717, 1.165) is 12.8 Å². The van der Waals surface area contributed by atoms with Gasteiger partial charge in [-0.2, -0.15) is 0 Å². The lowest BCUT2D eigenvalue weighted by atomic mass is 10.2. The van der Waals surface area contributed by atoms with Crippen molar-refractivity contribution in [1.29, 1.82) is 0 Å². The van der Waals surface area contributed by atoms with Crippen molar-refractivity contribution in [3.63, 3.8) is 0 Å². The Morgan fingerprint density at radius 2 is 2.08 bits per heavy atom. The standard InChI is InChI=1S/C9H18BrNO2/c1-4-7(6-13-3)11-9(12)8(10)5-2/h7-8H,4-6H2,1-3H3,(H,11,12). The lowest BCUT2D eigenvalue weighted by Gasteiger charge is -2.17. The highest BCUT2D eigenvalue weighted by atomic mass is 79.9. The number of ether oxygens (including phenoxy) is 1. The maximum absolute atomic E-state index is 11.4. The summed E-state index contributed by atoms with van der Waals surface area (Å²) in [5, 5.41) is 2.91. The lowest BCUT2D eigenvalue weighted by molar-refractivity contribution is -0.121. The van der Waals surface area contributed by atoms with Gasteiger partial charge in [-0.05, 0) is 12.8 Å². The number of amides is 1. The quantitative estimate of drug-likeness (QED) is 0.731. The van der Waals surface area contributed by atoms with Crippen LogP contribution in [-0.4, -0.2) is 30.5 Å². The molecule has 0 saturated heterocycles. The summed E-state index contributed by atoms with van der Waals surface area (Å²) in [7, 11) is 1.64. The van der Waals surface area contributed by atoms with Crippen LogP contribution in [0.3, 0.4) is 0 Å². The van der Waals surface area contributed by atoms with Gasteiger partial charge in [-0.1, -0.05) is 29.8 Å². The molecular formula is C9H18BrNO2. The maximum Gasteiger partial charge on any atom is 0.234 e. The average Bonchev–Trinajstić information content (AvgIpc) is 2.15. The second-order valence-corrected chi connectivity index (χ2v) is 4.05. The zero-order valence-corrected chi connectivity index (χ0v) is 10.1. The number of carbonyl (C=O) groups excluding carboxylic acids is 1. The third-order valence-corrected chi connectivity index (χ3v) is 2.91. The number of alkyl halides is 1. The molecule has 2 atom stereocenters. The van der Waals surface area contributed by atoms with Crippen molar-refractivity contribution in [3.8, 4) is 0 Å². The van der Waals surface area contributed by atoms with Crippen LogP contribution in [0, 0.1) is 0 Å². The summed E-state index contributed by atoms with van der Waals surface area (Å²) >= 11 is 3.30. The van der Waals surface area contributed by atoms with E-state index in [4.69, 9.17) is 4.74 Å². The molecule has 3 nitrogen and oxygen atoms in total. The van der Waals surface area contributed by atoms with E-state index in [0.29, 0.717) is 6.61 Å². The zero-order chi connectivity index (χ0) is 10.3. The summed E-state index contributed by atoms with van der Waals surface area (Å²) in [4.78, 5) is 11.3. The van der Waals surface area contributed by atoms with E-state index in [9.17, 15) is 4.79 Å². The predicted octanol–water partition coefficient (Wildman–Crippen LogP) is 1.70. The van der Waals surface area contributed by atoms with Crippen LogP contribution in [0.1, 0.15) is 26.7 Å². The first-order valence-corrected chi connectivity index (χ1v) is 5.50. The van der Waals surface area contributed by atoms with E-state index < -0.39 is 0 Å². The van der Waals surface area contributed by atoms with Gasteiger partial charge in [0.2, 0.25) is 5.91 Å². The number of hydrogen-bond donors (Lipinski definition) is 1. The van der Waals surface area contributed by atoms with E-state index in [1.807, 2.05) is 13.8 Å². The van der Waals surface area contributed by atoms with E-state index in [1.165, 1.54) is 0 Å². The molecule has 0 rings (SSSR count). The Balaban J connectivity index is 3.85. The smallest absolute Gasteiger partial charge is 0.234 e. The molecule has 0 bridgehead atoms. The number of hydrogen-bond acceptors (Lipinski definition) is 2. The molecule has 0 aromatic rings. The van der Waals surface area contributed by atoms with E-state index >= 15 is 0 Å². The Kier molecular flexibility index (Phi) is 7.28. The molecule has 2 unspecified atom stereocenters. The van der Waals surface area contributed by atoms with Gasteiger partial charge in [0.15, 0.2) is 0 Å². The molecule has 0 aromatic heterocycles. The summed E-state index contributed by atoms with van der Waals surface area (Å²) in [5.41, 5.74) is 0. The predicted molar refractivity (Wildman–Crippen MR) is 57.1 cm³/mol. The number of methoxy groups -OCH3 is 1. The SMILES string of the molecule is CCC(COC)NC(=O)C(Br)CC. The molecule has 4 heteroatoms. The fourth-order valence-corrected chi connectivity index (χ4v) is 1.07. The molecule has 0 spiro atoms. The Labute approximate surface area is 88.4 Å². The van der Waals surface area contributed by atoms with Crippen LogP contribution < -0.4 is 5.32 Å². The Morgan fingerprint density at radius 3 is 2.46 bits per heavy atom. The van der Waals surface area contributed by atoms with Crippen LogP contribution in [0.25, 0.3) is 0 Å². The minimum atomic E-state index is -0.0848. The molecule has 0 aromatic carbocycles. The minimum Gasteiger partial charge on any atom is -0.383 e. The average molecular weight is 252 g/mol. The van der Waals surface area contributed by atoms with Gasteiger partial charge in [-0.25, -0.2) is 0 Å². The van der Waals surface area contributed by atoms with Gasteiger partial charge in [0.05, 0.1) is 17.5 Å². The molecule has 0 aliphatic rings. The highest BCUT2D eigenvalue weighted by molar-refractivity contribution is 9.10. The van der Waals surface area contributed by atoms with Gasteiger partial charge in [0.1, 0.15) is 0 Å². The van der Waals surface area contributed by atoms with Gasteiger partial charge < -0.3 is 10.1 Å². The van der Waals surface area contributed by atoms with Crippen molar-refractivity contribution in [2.45, 2.75) is 37.6 Å². The summed E-state index contributed by atoms with van der Waals surface area (Å²) in [5.74, 6) is 0.0476. The Bertz CT molecular complexity index is 153. The van der Waals surface area contributed by atoms with Gasteiger partial charge in [-0.3, -0.25) is 4.79 Å². The van der Waals surface area contributed by atoms with Crippen LogP contribution in [0.4, 0.5) is 0 Å². The van der Waals surface area contributed by atoms with Crippen molar-refractivity contribution in [2.75, 3.05) is 13.7 Å². The number of carbonyl (C=O) groups is 1. The topological polar surface area (TPSA) is 38.3 Å². The third-order valence-electron chi connectivity index (χ3n) is 1.85. The fourth-order valence-electron chi connectivity index (χ4n) is 0.940. The van der Waals surface area contributed by atoms with Crippen molar-refractivity contribution in [3.05, 3.63) is 0 Å². The first-order valence-electron chi connectivity index (χ1n) is 4.59. The number of halogens is 1. The molecule has 1 N–H and O–H groups in total. The van der Waals surface area contributed by atoms with Crippen molar-refractivity contribution < 1.29 is 9.53 Å². The van der Waals surface area contributed by atoms with Crippen LogP contribution in [0.15, 0.2) is 0 Å². The Hall–Kier alpha value is -0.0900. The zero-order valence-electron chi connectivity index (χ0n) is 8.47. The summed E-state index contributed by atoms with van der Waals surface area (Å²) < 4.78 is 4.98. The second kappa shape index (κ2) is 7.33. The molecule has 0 saturated carbocycles. The summed E-state index contributed by atoms with van der Waals surface area (Å²) in [6, 6.07) is 0.129. The van der Waals surface area contributed by atoms with Crippen molar-refractivity contribution in [2.24, 2.45) is 0 Å². The number of nitrogens with one attached hydrogen (secondary N) is 1. The number of rotatable bonds is 6. The maximum atomic E-state index is 11.4. The summed E-state index contributed by atoms with van der Waals surface area (Å²) in [6.07, 6.45) is 1.69. The molecule has 78 valence electrons. The van der Waals surface area contributed by atoms with Gasteiger partial charge in [0, 0.05) is 7.11 Å². The van der Waals surface area contributed by atoms with E-state index in [-0.39, 0.29) is 16.8 Å². The Morgan fingerprint density at radius 1 is 1.46 bits per heavy atom. The fraction of sp³-hybridized carbons (Fsp3) is 0.889. The largest absolute Gasteiger partial charge is 0.383 e. The lowest BCUT2D eigenvalue weighted by Crippen LogP contribution is -2.41. The molecule has 0 fully saturated rings. The van der Waals surface area contributed by atoms with Crippen molar-refractivity contribution >= 4 is 21.8 Å². The van der Waals surface area contributed by atoms with Crippen LogP contribution in [0.2, 0.25) is 0 Å². The minimum absolute atomic E-state index is 0.0476. The van der Waals surface area contributed by atoms with Gasteiger partial charge in [-0.15, -0.1) is 0 Å². The molecular weight excluding hydrogens is 234 g/mol. The highest BCUT2D eigenvalue weighted by Gasteiger charge is 2.15. The van der Waals surface area contributed by atoms with Crippen LogP contribution >= 0.6 is 15.9 Å².